The van der Waals surface area contributed by atoms with Gasteiger partial charge in [0, 0.05) is 12.3 Å². The van der Waals surface area contributed by atoms with Gasteiger partial charge in [-0.05, 0) is 12.8 Å². The van der Waals surface area contributed by atoms with Crippen molar-refractivity contribution in [1.29, 1.82) is 0 Å². The van der Waals surface area contributed by atoms with E-state index in [0.717, 1.165) is 19.1 Å². The Kier molecular flexibility index (Phi) is 6.34. The second-order valence-corrected chi connectivity index (χ2v) is 2.80. The Labute approximate surface area is 73.1 Å². The third kappa shape index (κ3) is 4.88. The third-order valence-electron chi connectivity index (χ3n) is 1.80. The fourth-order valence-corrected chi connectivity index (χ4v) is 1.06. The molecular formula is C9H16O3. The molecule has 0 spiro atoms. The highest BCUT2D eigenvalue weighted by atomic mass is 16.5. The van der Waals surface area contributed by atoms with Crippen LogP contribution in [-0.4, -0.2) is 19.4 Å². The lowest BCUT2D eigenvalue weighted by Crippen LogP contribution is -2.07. The van der Waals surface area contributed by atoms with E-state index in [1.165, 1.54) is 7.11 Å². The summed E-state index contributed by atoms with van der Waals surface area (Å²) in [6, 6.07) is 0. The van der Waals surface area contributed by atoms with Crippen LogP contribution in [0.3, 0.4) is 0 Å². The molecular weight excluding hydrogens is 156 g/mol. The number of esters is 1. The summed E-state index contributed by atoms with van der Waals surface area (Å²) in [6.07, 6.45) is 3.72. The first-order chi connectivity index (χ1) is 5.74. The molecule has 0 saturated heterocycles. The summed E-state index contributed by atoms with van der Waals surface area (Å²) in [5.41, 5.74) is 0. The van der Waals surface area contributed by atoms with Crippen molar-refractivity contribution in [3.05, 3.63) is 0 Å². The highest BCUT2D eigenvalue weighted by Crippen LogP contribution is 2.10. The molecule has 3 nitrogen and oxygen atoms in total. The molecule has 1 atom stereocenters. The SMILES string of the molecule is CCCC(C=O)CCC(=O)OC. The van der Waals surface area contributed by atoms with Crippen LogP contribution in [0.15, 0.2) is 0 Å². The summed E-state index contributed by atoms with van der Waals surface area (Å²) < 4.78 is 4.47. The van der Waals surface area contributed by atoms with E-state index >= 15 is 0 Å². The van der Waals surface area contributed by atoms with Crippen molar-refractivity contribution in [2.75, 3.05) is 7.11 Å². The lowest BCUT2D eigenvalue weighted by atomic mass is 10.00. The van der Waals surface area contributed by atoms with E-state index < -0.39 is 0 Å². The number of carbonyl (C=O) groups is 2. The average Bonchev–Trinajstić information content (AvgIpc) is 2.11. The van der Waals surface area contributed by atoms with Crippen molar-refractivity contribution >= 4 is 12.3 Å². The van der Waals surface area contributed by atoms with Crippen molar-refractivity contribution in [3.63, 3.8) is 0 Å². The summed E-state index contributed by atoms with van der Waals surface area (Å²) in [5.74, 6) is -0.216. The minimum Gasteiger partial charge on any atom is -0.469 e. The maximum absolute atomic E-state index is 10.7. The van der Waals surface area contributed by atoms with Gasteiger partial charge in [0.15, 0.2) is 0 Å². The van der Waals surface area contributed by atoms with Crippen LogP contribution < -0.4 is 0 Å². The first kappa shape index (κ1) is 11.1. The zero-order valence-electron chi connectivity index (χ0n) is 7.71. The van der Waals surface area contributed by atoms with Gasteiger partial charge in [-0.2, -0.15) is 0 Å². The third-order valence-corrected chi connectivity index (χ3v) is 1.80. The number of carbonyl (C=O) groups excluding carboxylic acids is 2. The maximum Gasteiger partial charge on any atom is 0.305 e. The van der Waals surface area contributed by atoms with Gasteiger partial charge >= 0.3 is 5.97 Å². The lowest BCUT2D eigenvalue weighted by Gasteiger charge is -2.06. The second kappa shape index (κ2) is 6.83. The van der Waals surface area contributed by atoms with Gasteiger partial charge in [0.1, 0.15) is 6.29 Å². The smallest absolute Gasteiger partial charge is 0.305 e. The molecule has 70 valence electrons. The van der Waals surface area contributed by atoms with Crippen LogP contribution in [0.25, 0.3) is 0 Å². The molecule has 0 aliphatic heterocycles. The number of ether oxygens (including phenoxy) is 1. The zero-order chi connectivity index (χ0) is 9.40. The predicted molar refractivity (Wildman–Crippen MR) is 45.7 cm³/mol. The summed E-state index contributed by atoms with van der Waals surface area (Å²) in [7, 11) is 1.36. The van der Waals surface area contributed by atoms with E-state index in [1.54, 1.807) is 0 Å². The standard InChI is InChI=1S/C9H16O3/c1-3-4-8(7-10)5-6-9(11)12-2/h7-8H,3-6H2,1-2H3. The quantitative estimate of drug-likeness (QED) is 0.451. The molecule has 0 aromatic rings. The van der Waals surface area contributed by atoms with Crippen LogP contribution in [0, 0.1) is 5.92 Å². The second-order valence-electron chi connectivity index (χ2n) is 2.80. The molecule has 0 amide bonds. The van der Waals surface area contributed by atoms with Gasteiger partial charge in [-0.3, -0.25) is 4.79 Å². The Balaban J connectivity index is 3.57. The number of rotatable bonds is 6. The first-order valence-electron chi connectivity index (χ1n) is 4.26. The molecule has 0 bridgehead atoms. The van der Waals surface area contributed by atoms with Crippen LogP contribution in [0.1, 0.15) is 32.6 Å². The Bertz CT molecular complexity index is 143. The van der Waals surface area contributed by atoms with Crippen LogP contribution in [0.5, 0.6) is 0 Å². The van der Waals surface area contributed by atoms with Gasteiger partial charge in [-0.1, -0.05) is 13.3 Å². The predicted octanol–water partition coefficient (Wildman–Crippen LogP) is 1.55. The maximum atomic E-state index is 10.7. The summed E-state index contributed by atoms with van der Waals surface area (Å²) in [4.78, 5) is 21.1. The van der Waals surface area contributed by atoms with Gasteiger partial charge in [0.2, 0.25) is 0 Å². The molecule has 12 heavy (non-hydrogen) atoms. The first-order valence-corrected chi connectivity index (χ1v) is 4.26. The summed E-state index contributed by atoms with van der Waals surface area (Å²) in [6.45, 7) is 2.02. The van der Waals surface area contributed by atoms with Crippen LogP contribution in [0.4, 0.5) is 0 Å². The molecule has 0 fully saturated rings. The average molecular weight is 172 g/mol. The van der Waals surface area contributed by atoms with Crippen molar-refractivity contribution in [2.45, 2.75) is 32.6 Å². The van der Waals surface area contributed by atoms with E-state index in [4.69, 9.17) is 0 Å². The van der Waals surface area contributed by atoms with E-state index in [0.29, 0.717) is 12.8 Å². The fraction of sp³-hybridized carbons (Fsp3) is 0.778. The molecule has 1 unspecified atom stereocenters. The number of aldehydes is 1. The van der Waals surface area contributed by atoms with Gasteiger partial charge in [-0.15, -0.1) is 0 Å². The topological polar surface area (TPSA) is 43.4 Å². The number of hydrogen-bond acceptors (Lipinski definition) is 3. The van der Waals surface area contributed by atoms with E-state index in [9.17, 15) is 9.59 Å². The molecule has 0 radical (unpaired) electrons. The van der Waals surface area contributed by atoms with Crippen molar-refractivity contribution in [2.24, 2.45) is 5.92 Å². The Morgan fingerprint density at radius 3 is 2.58 bits per heavy atom. The normalized spacial score (nSPS) is 12.2. The Hall–Kier alpha value is -0.860. The van der Waals surface area contributed by atoms with Gasteiger partial charge < -0.3 is 9.53 Å². The van der Waals surface area contributed by atoms with E-state index in [-0.39, 0.29) is 11.9 Å². The zero-order valence-corrected chi connectivity index (χ0v) is 7.71. The lowest BCUT2D eigenvalue weighted by molar-refractivity contribution is -0.140. The van der Waals surface area contributed by atoms with Crippen molar-refractivity contribution in [1.82, 2.24) is 0 Å². The van der Waals surface area contributed by atoms with E-state index in [1.807, 2.05) is 6.92 Å². The van der Waals surface area contributed by atoms with Gasteiger partial charge in [-0.25, -0.2) is 0 Å². The minimum atomic E-state index is -0.238. The van der Waals surface area contributed by atoms with Crippen LogP contribution in [0.2, 0.25) is 0 Å². The van der Waals surface area contributed by atoms with Crippen LogP contribution >= 0.6 is 0 Å². The highest BCUT2D eigenvalue weighted by Gasteiger charge is 2.08. The Morgan fingerprint density at radius 2 is 2.17 bits per heavy atom. The molecule has 0 saturated carbocycles. The highest BCUT2D eigenvalue weighted by molar-refractivity contribution is 5.69. The van der Waals surface area contributed by atoms with Crippen molar-refractivity contribution in [3.8, 4) is 0 Å². The largest absolute Gasteiger partial charge is 0.469 e. The number of methoxy groups -OCH3 is 1. The van der Waals surface area contributed by atoms with Gasteiger partial charge in [0.25, 0.3) is 0 Å². The van der Waals surface area contributed by atoms with Crippen LogP contribution in [-0.2, 0) is 14.3 Å². The summed E-state index contributed by atoms with van der Waals surface area (Å²) >= 11 is 0. The van der Waals surface area contributed by atoms with Crippen molar-refractivity contribution < 1.29 is 14.3 Å². The fourth-order valence-electron chi connectivity index (χ4n) is 1.06. The molecule has 3 heteroatoms. The Morgan fingerprint density at radius 1 is 1.50 bits per heavy atom. The molecule has 0 heterocycles. The monoisotopic (exact) mass is 172 g/mol. The number of hydrogen-bond donors (Lipinski definition) is 0. The molecule has 0 aromatic carbocycles. The molecule has 0 aromatic heterocycles. The molecule has 0 N–H and O–H groups in total. The van der Waals surface area contributed by atoms with E-state index in [2.05, 4.69) is 4.74 Å². The molecule has 0 aliphatic carbocycles. The minimum absolute atomic E-state index is 0.0223. The summed E-state index contributed by atoms with van der Waals surface area (Å²) in [5, 5.41) is 0. The van der Waals surface area contributed by atoms with Gasteiger partial charge in [0.05, 0.1) is 7.11 Å². The molecule has 0 rings (SSSR count). The molecule has 0 aliphatic rings.